The lowest BCUT2D eigenvalue weighted by molar-refractivity contribution is -0.120. The number of benzene rings is 2. The van der Waals surface area contributed by atoms with Crippen LogP contribution in [0.25, 0.3) is 0 Å². The Kier molecular flexibility index (Phi) is 6.83. The van der Waals surface area contributed by atoms with Gasteiger partial charge in [-0.05, 0) is 30.7 Å². The quantitative estimate of drug-likeness (QED) is 0.719. The third-order valence-electron chi connectivity index (χ3n) is 3.53. The first-order chi connectivity index (χ1) is 12.1. The van der Waals surface area contributed by atoms with E-state index in [9.17, 15) is 9.59 Å². The Bertz CT molecular complexity index is 731. The first-order valence-electron chi connectivity index (χ1n) is 7.97. The molecular formula is C19H22N2O4. The van der Waals surface area contributed by atoms with Crippen molar-refractivity contribution in [2.45, 2.75) is 6.92 Å². The Morgan fingerprint density at radius 3 is 2.52 bits per heavy atom. The molecule has 25 heavy (non-hydrogen) atoms. The molecule has 0 saturated carbocycles. The molecule has 0 bridgehead atoms. The van der Waals surface area contributed by atoms with Crippen LogP contribution in [-0.4, -0.2) is 38.6 Å². The normalized spacial score (nSPS) is 10.0. The van der Waals surface area contributed by atoms with Gasteiger partial charge in [-0.15, -0.1) is 0 Å². The number of carbonyl (C=O) groups excluding carboxylic acids is 2. The molecule has 0 spiro atoms. The van der Waals surface area contributed by atoms with E-state index in [-0.39, 0.29) is 18.4 Å². The molecule has 0 radical (unpaired) electrons. The third kappa shape index (κ3) is 5.84. The van der Waals surface area contributed by atoms with Crippen molar-refractivity contribution in [1.29, 1.82) is 0 Å². The monoisotopic (exact) mass is 342 g/mol. The molecule has 2 amide bonds. The van der Waals surface area contributed by atoms with Crippen LogP contribution >= 0.6 is 0 Å². The maximum absolute atomic E-state index is 12.0. The second kappa shape index (κ2) is 9.32. The summed E-state index contributed by atoms with van der Waals surface area (Å²) < 4.78 is 10.6. The summed E-state index contributed by atoms with van der Waals surface area (Å²) in [5.41, 5.74) is 1.43. The van der Waals surface area contributed by atoms with E-state index in [1.165, 1.54) is 0 Å². The van der Waals surface area contributed by atoms with Gasteiger partial charge in [0.15, 0.2) is 0 Å². The molecule has 0 atom stereocenters. The van der Waals surface area contributed by atoms with Gasteiger partial charge in [0.1, 0.15) is 18.1 Å². The Morgan fingerprint density at radius 2 is 1.76 bits per heavy atom. The van der Waals surface area contributed by atoms with E-state index in [1.807, 2.05) is 37.3 Å². The molecule has 0 unspecified atom stereocenters. The molecule has 2 aromatic carbocycles. The largest absolute Gasteiger partial charge is 0.497 e. The van der Waals surface area contributed by atoms with E-state index in [1.54, 1.807) is 25.3 Å². The van der Waals surface area contributed by atoms with Crippen molar-refractivity contribution in [2.24, 2.45) is 0 Å². The summed E-state index contributed by atoms with van der Waals surface area (Å²) in [7, 11) is 1.59. The van der Waals surface area contributed by atoms with E-state index in [0.29, 0.717) is 30.2 Å². The van der Waals surface area contributed by atoms with Gasteiger partial charge >= 0.3 is 0 Å². The van der Waals surface area contributed by atoms with Crippen molar-refractivity contribution in [1.82, 2.24) is 10.6 Å². The molecule has 0 aliphatic carbocycles. The molecule has 0 aromatic heterocycles. The van der Waals surface area contributed by atoms with Crippen LogP contribution in [0.3, 0.4) is 0 Å². The molecule has 6 heteroatoms. The van der Waals surface area contributed by atoms with Crippen molar-refractivity contribution >= 4 is 11.8 Å². The molecule has 0 saturated heterocycles. The van der Waals surface area contributed by atoms with Gasteiger partial charge in [-0.1, -0.05) is 24.3 Å². The van der Waals surface area contributed by atoms with Gasteiger partial charge in [-0.2, -0.15) is 0 Å². The fraction of sp³-hybridized carbons (Fsp3) is 0.263. The van der Waals surface area contributed by atoms with E-state index in [0.717, 1.165) is 5.56 Å². The van der Waals surface area contributed by atoms with E-state index in [2.05, 4.69) is 10.6 Å². The average Bonchev–Trinajstić information content (AvgIpc) is 2.64. The van der Waals surface area contributed by atoms with Gasteiger partial charge in [0.2, 0.25) is 5.91 Å². The topological polar surface area (TPSA) is 76.7 Å². The fourth-order valence-corrected chi connectivity index (χ4v) is 2.20. The number of hydrogen-bond acceptors (Lipinski definition) is 4. The molecular weight excluding hydrogens is 320 g/mol. The van der Waals surface area contributed by atoms with Crippen molar-refractivity contribution < 1.29 is 19.1 Å². The number of methoxy groups -OCH3 is 1. The molecule has 6 nitrogen and oxygen atoms in total. The van der Waals surface area contributed by atoms with E-state index < -0.39 is 0 Å². The highest BCUT2D eigenvalue weighted by atomic mass is 16.5. The lowest BCUT2D eigenvalue weighted by atomic mass is 10.1. The lowest BCUT2D eigenvalue weighted by Gasteiger charge is -2.10. The molecule has 2 aromatic rings. The predicted molar refractivity (Wildman–Crippen MR) is 95.0 cm³/mol. The van der Waals surface area contributed by atoms with Crippen molar-refractivity contribution in [3.05, 3.63) is 59.7 Å². The maximum atomic E-state index is 12.0. The summed E-state index contributed by atoms with van der Waals surface area (Å²) in [6, 6.07) is 14.5. The number of rotatable bonds is 8. The maximum Gasteiger partial charge on any atom is 0.251 e. The average molecular weight is 342 g/mol. The van der Waals surface area contributed by atoms with Gasteiger partial charge in [0, 0.05) is 11.6 Å². The van der Waals surface area contributed by atoms with Crippen LogP contribution in [0.2, 0.25) is 0 Å². The van der Waals surface area contributed by atoms with Crippen molar-refractivity contribution in [2.75, 3.05) is 26.8 Å². The van der Waals surface area contributed by atoms with Gasteiger partial charge in [0.25, 0.3) is 5.91 Å². The minimum Gasteiger partial charge on any atom is -0.497 e. The highest BCUT2D eigenvalue weighted by molar-refractivity contribution is 5.97. The van der Waals surface area contributed by atoms with Crippen LogP contribution in [-0.2, 0) is 4.79 Å². The lowest BCUT2D eigenvalue weighted by Crippen LogP contribution is -2.38. The number of aryl methyl sites for hydroxylation is 1. The second-order valence-corrected chi connectivity index (χ2v) is 5.37. The minimum absolute atomic E-state index is 0.0771. The molecule has 0 aliphatic heterocycles. The zero-order valence-electron chi connectivity index (χ0n) is 14.4. The molecule has 2 N–H and O–H groups in total. The van der Waals surface area contributed by atoms with Gasteiger partial charge < -0.3 is 20.1 Å². The highest BCUT2D eigenvalue weighted by Crippen LogP contribution is 2.18. The zero-order valence-corrected chi connectivity index (χ0v) is 14.4. The molecule has 0 fully saturated rings. The number of carbonyl (C=O) groups is 2. The second-order valence-electron chi connectivity index (χ2n) is 5.37. The minimum atomic E-state index is -0.267. The molecule has 132 valence electrons. The first kappa shape index (κ1) is 18.3. The van der Waals surface area contributed by atoms with Crippen LogP contribution in [0.15, 0.2) is 48.5 Å². The van der Waals surface area contributed by atoms with Gasteiger partial charge in [0.05, 0.1) is 20.2 Å². The number of nitrogens with one attached hydrogen (secondary N) is 2. The summed E-state index contributed by atoms with van der Waals surface area (Å²) in [4.78, 5) is 23.8. The Labute approximate surface area is 147 Å². The Hall–Kier alpha value is -3.02. The summed E-state index contributed by atoms with van der Waals surface area (Å²) >= 11 is 0. The van der Waals surface area contributed by atoms with Gasteiger partial charge in [-0.25, -0.2) is 0 Å². The standard InChI is InChI=1S/C19H22N2O4/c1-14-6-3-4-9-17(14)19(23)21-13-18(22)20-10-11-25-16-8-5-7-15(12-16)24-2/h3-9,12H,10-11,13H2,1-2H3,(H,20,22)(H,21,23). The van der Waals surface area contributed by atoms with Gasteiger partial charge in [-0.3, -0.25) is 9.59 Å². The zero-order chi connectivity index (χ0) is 18.1. The summed E-state index contributed by atoms with van der Waals surface area (Å²) in [6.07, 6.45) is 0. The first-order valence-corrected chi connectivity index (χ1v) is 7.97. The molecule has 2 rings (SSSR count). The van der Waals surface area contributed by atoms with Crippen LogP contribution in [0.4, 0.5) is 0 Å². The number of amides is 2. The van der Waals surface area contributed by atoms with Crippen LogP contribution in [0, 0.1) is 6.92 Å². The van der Waals surface area contributed by atoms with Crippen LogP contribution in [0.5, 0.6) is 11.5 Å². The Balaban J connectivity index is 1.67. The number of ether oxygens (including phenoxy) is 2. The number of hydrogen-bond donors (Lipinski definition) is 2. The summed E-state index contributed by atoms with van der Waals surface area (Å²) in [5.74, 6) is 0.846. The molecule has 0 aliphatic rings. The van der Waals surface area contributed by atoms with Crippen molar-refractivity contribution in [3.63, 3.8) is 0 Å². The predicted octanol–water partition coefficient (Wildman–Crippen LogP) is 1.93. The van der Waals surface area contributed by atoms with Crippen LogP contribution in [0.1, 0.15) is 15.9 Å². The fourth-order valence-electron chi connectivity index (χ4n) is 2.20. The Morgan fingerprint density at radius 1 is 1.00 bits per heavy atom. The SMILES string of the molecule is COc1cccc(OCCNC(=O)CNC(=O)c2ccccc2C)c1. The van der Waals surface area contributed by atoms with Crippen molar-refractivity contribution in [3.8, 4) is 11.5 Å². The van der Waals surface area contributed by atoms with Crippen LogP contribution < -0.4 is 20.1 Å². The smallest absolute Gasteiger partial charge is 0.251 e. The highest BCUT2D eigenvalue weighted by Gasteiger charge is 2.09. The third-order valence-corrected chi connectivity index (χ3v) is 3.53. The van der Waals surface area contributed by atoms with E-state index >= 15 is 0 Å². The summed E-state index contributed by atoms with van der Waals surface area (Å²) in [5, 5.41) is 5.30. The summed E-state index contributed by atoms with van der Waals surface area (Å²) in [6.45, 7) is 2.44. The molecule has 0 heterocycles. The van der Waals surface area contributed by atoms with E-state index in [4.69, 9.17) is 9.47 Å².